The van der Waals surface area contributed by atoms with E-state index in [0.29, 0.717) is 16.4 Å². The van der Waals surface area contributed by atoms with E-state index in [-0.39, 0.29) is 16.4 Å². The number of carbonyl (C=O) groups is 1. The molecule has 2 heterocycles. The van der Waals surface area contributed by atoms with Crippen LogP contribution in [-0.4, -0.2) is 15.9 Å². The van der Waals surface area contributed by atoms with Gasteiger partial charge in [0, 0.05) is 34.2 Å². The highest BCUT2D eigenvalue weighted by Gasteiger charge is 2.35. The van der Waals surface area contributed by atoms with E-state index in [2.05, 4.69) is 15.3 Å². The average molecular weight is 427 g/mol. The van der Waals surface area contributed by atoms with Gasteiger partial charge in [-0.05, 0) is 35.2 Å². The third-order valence-corrected chi connectivity index (χ3v) is 5.21. The number of fused-ring (bicyclic) bond motifs is 2. The fourth-order valence-electron chi connectivity index (χ4n) is 3.65. The van der Waals surface area contributed by atoms with E-state index in [1.807, 2.05) is 20.8 Å². The number of carbonyl (C=O) groups excluding carboxylic acids is 1. The van der Waals surface area contributed by atoms with Crippen LogP contribution in [0, 0.1) is 0 Å². The normalized spacial score (nSPS) is 12.5. The summed E-state index contributed by atoms with van der Waals surface area (Å²) in [5.74, 6) is -0.917. The predicted octanol–water partition coefficient (Wildman–Crippen LogP) is 5.58. The SMILES string of the molecule is CC(C)(C)c1c[nH]c2cc(NC(=O)c3c[nH]c4ccccc4c3=O)c(C(F)(F)F)cc12. The molecule has 4 aromatic rings. The third-order valence-electron chi connectivity index (χ3n) is 5.21. The Morgan fingerprint density at radius 3 is 2.26 bits per heavy atom. The van der Waals surface area contributed by atoms with Crippen LogP contribution in [-0.2, 0) is 11.6 Å². The number of pyridine rings is 1. The molecular weight excluding hydrogens is 407 g/mol. The maximum Gasteiger partial charge on any atom is 0.418 e. The summed E-state index contributed by atoms with van der Waals surface area (Å²) in [7, 11) is 0. The van der Waals surface area contributed by atoms with Crippen LogP contribution >= 0.6 is 0 Å². The predicted molar refractivity (Wildman–Crippen MR) is 115 cm³/mol. The Balaban J connectivity index is 1.82. The standard InChI is InChI=1S/C23H20F3N3O2/c1-22(2,3)16-11-28-18-9-19(15(8-13(16)18)23(24,25)26)29-21(31)14-10-27-17-7-5-4-6-12(17)20(14)30/h4-11,28H,1-3H3,(H,27,30)(H,29,31). The topological polar surface area (TPSA) is 77.8 Å². The zero-order chi connectivity index (χ0) is 22.6. The Kier molecular flexibility index (Phi) is 4.68. The Morgan fingerprint density at radius 1 is 0.903 bits per heavy atom. The summed E-state index contributed by atoms with van der Waals surface area (Å²) in [6.45, 7) is 5.72. The number of hydrogen-bond donors (Lipinski definition) is 3. The van der Waals surface area contributed by atoms with Crippen molar-refractivity contribution < 1.29 is 18.0 Å². The summed E-state index contributed by atoms with van der Waals surface area (Å²) in [5.41, 5.74) is -0.870. The van der Waals surface area contributed by atoms with Crippen LogP contribution in [0.1, 0.15) is 42.3 Å². The van der Waals surface area contributed by atoms with E-state index < -0.39 is 28.8 Å². The molecule has 5 nitrogen and oxygen atoms in total. The Labute approximate surface area is 175 Å². The number of H-pyrrole nitrogens is 2. The first kappa shape index (κ1) is 20.7. The van der Waals surface area contributed by atoms with E-state index in [9.17, 15) is 22.8 Å². The molecule has 0 bridgehead atoms. The van der Waals surface area contributed by atoms with Gasteiger partial charge >= 0.3 is 6.18 Å². The van der Waals surface area contributed by atoms with Crippen molar-refractivity contribution in [1.82, 2.24) is 9.97 Å². The quantitative estimate of drug-likeness (QED) is 0.391. The summed E-state index contributed by atoms with van der Waals surface area (Å²) in [4.78, 5) is 31.2. The fourth-order valence-corrected chi connectivity index (χ4v) is 3.65. The van der Waals surface area contributed by atoms with E-state index in [0.717, 1.165) is 11.6 Å². The molecule has 2 aromatic carbocycles. The van der Waals surface area contributed by atoms with Crippen LogP contribution in [0.15, 0.2) is 53.6 Å². The Morgan fingerprint density at radius 2 is 1.58 bits per heavy atom. The lowest BCUT2D eigenvalue weighted by Crippen LogP contribution is -2.23. The summed E-state index contributed by atoms with van der Waals surface area (Å²) in [5, 5.41) is 2.99. The summed E-state index contributed by atoms with van der Waals surface area (Å²) >= 11 is 0. The van der Waals surface area contributed by atoms with Gasteiger partial charge in [-0.25, -0.2) is 0 Å². The molecule has 0 aliphatic carbocycles. The van der Waals surface area contributed by atoms with Crippen molar-refractivity contribution >= 4 is 33.4 Å². The zero-order valence-corrected chi connectivity index (χ0v) is 17.1. The van der Waals surface area contributed by atoms with Gasteiger partial charge in [-0.1, -0.05) is 32.9 Å². The third kappa shape index (κ3) is 3.69. The number of halogens is 3. The summed E-state index contributed by atoms with van der Waals surface area (Å²) in [6.07, 6.45) is -1.82. The lowest BCUT2D eigenvalue weighted by atomic mass is 9.86. The molecule has 4 rings (SSSR count). The molecule has 0 spiro atoms. The minimum absolute atomic E-state index is 0.270. The molecule has 2 aromatic heterocycles. The molecule has 0 saturated heterocycles. The number of alkyl halides is 3. The van der Waals surface area contributed by atoms with Gasteiger partial charge in [0.2, 0.25) is 5.43 Å². The second-order valence-electron chi connectivity index (χ2n) is 8.42. The Bertz CT molecular complexity index is 1380. The zero-order valence-electron chi connectivity index (χ0n) is 17.1. The lowest BCUT2D eigenvalue weighted by molar-refractivity contribution is -0.136. The highest BCUT2D eigenvalue weighted by Crippen LogP contribution is 2.40. The van der Waals surface area contributed by atoms with Crippen LogP contribution in [0.2, 0.25) is 0 Å². The van der Waals surface area contributed by atoms with Gasteiger partial charge in [-0.15, -0.1) is 0 Å². The summed E-state index contributed by atoms with van der Waals surface area (Å²) in [6, 6.07) is 8.88. The number of hydrogen-bond acceptors (Lipinski definition) is 2. The molecular formula is C23H20F3N3O2. The maximum absolute atomic E-state index is 13.8. The molecule has 1 amide bonds. The number of benzene rings is 2. The molecule has 31 heavy (non-hydrogen) atoms. The first-order valence-corrected chi connectivity index (χ1v) is 9.61. The van der Waals surface area contributed by atoms with E-state index in [4.69, 9.17) is 0 Å². The number of aromatic amines is 2. The number of aromatic nitrogens is 2. The number of anilines is 1. The smallest absolute Gasteiger partial charge is 0.361 e. The minimum atomic E-state index is -4.70. The summed E-state index contributed by atoms with van der Waals surface area (Å²) < 4.78 is 41.5. The van der Waals surface area contributed by atoms with Gasteiger partial charge in [-0.3, -0.25) is 9.59 Å². The number of nitrogens with one attached hydrogen (secondary N) is 3. The largest absolute Gasteiger partial charge is 0.418 e. The molecule has 8 heteroatoms. The van der Waals surface area contributed by atoms with Crippen molar-refractivity contribution in [2.45, 2.75) is 32.4 Å². The van der Waals surface area contributed by atoms with Crippen LogP contribution in [0.3, 0.4) is 0 Å². The van der Waals surface area contributed by atoms with Gasteiger partial charge < -0.3 is 15.3 Å². The highest BCUT2D eigenvalue weighted by atomic mass is 19.4. The second kappa shape index (κ2) is 7.01. The number of amides is 1. The molecule has 160 valence electrons. The van der Waals surface area contributed by atoms with Gasteiger partial charge in [0.15, 0.2) is 0 Å². The number of para-hydroxylation sites is 1. The van der Waals surface area contributed by atoms with Gasteiger partial charge in [0.05, 0.1) is 11.3 Å². The molecule has 0 atom stereocenters. The van der Waals surface area contributed by atoms with Crippen molar-refractivity contribution in [3.05, 3.63) is 75.7 Å². The van der Waals surface area contributed by atoms with Crippen LogP contribution < -0.4 is 10.7 Å². The monoisotopic (exact) mass is 427 g/mol. The van der Waals surface area contributed by atoms with Crippen molar-refractivity contribution in [2.24, 2.45) is 0 Å². The van der Waals surface area contributed by atoms with E-state index in [1.54, 1.807) is 30.5 Å². The molecule has 3 N–H and O–H groups in total. The molecule has 0 fully saturated rings. The molecule has 0 saturated carbocycles. The van der Waals surface area contributed by atoms with Crippen molar-refractivity contribution in [3.63, 3.8) is 0 Å². The lowest BCUT2D eigenvalue weighted by Gasteiger charge is -2.19. The van der Waals surface area contributed by atoms with E-state index in [1.165, 1.54) is 12.3 Å². The minimum Gasteiger partial charge on any atom is -0.361 e. The van der Waals surface area contributed by atoms with Crippen molar-refractivity contribution in [1.29, 1.82) is 0 Å². The molecule has 0 aliphatic rings. The van der Waals surface area contributed by atoms with Crippen LogP contribution in [0.4, 0.5) is 18.9 Å². The van der Waals surface area contributed by atoms with Crippen molar-refractivity contribution in [2.75, 3.05) is 5.32 Å². The first-order valence-electron chi connectivity index (χ1n) is 9.61. The molecule has 0 unspecified atom stereocenters. The second-order valence-corrected chi connectivity index (χ2v) is 8.42. The van der Waals surface area contributed by atoms with Gasteiger partial charge in [0.1, 0.15) is 5.56 Å². The molecule has 0 radical (unpaired) electrons. The van der Waals surface area contributed by atoms with E-state index >= 15 is 0 Å². The van der Waals surface area contributed by atoms with Gasteiger partial charge in [0.25, 0.3) is 5.91 Å². The number of rotatable bonds is 2. The van der Waals surface area contributed by atoms with Crippen LogP contribution in [0.25, 0.3) is 21.8 Å². The first-order chi connectivity index (χ1) is 14.5. The highest BCUT2D eigenvalue weighted by molar-refractivity contribution is 6.07. The van der Waals surface area contributed by atoms with Gasteiger partial charge in [-0.2, -0.15) is 13.2 Å². The Hall–Kier alpha value is -3.55. The average Bonchev–Trinajstić information content (AvgIpc) is 3.10. The molecule has 0 aliphatic heterocycles. The maximum atomic E-state index is 13.8. The van der Waals surface area contributed by atoms with Crippen LogP contribution in [0.5, 0.6) is 0 Å². The van der Waals surface area contributed by atoms with Crippen molar-refractivity contribution in [3.8, 4) is 0 Å². The fraction of sp³-hybridized carbons (Fsp3) is 0.217.